The molecular weight excluding hydrogens is 208 g/mol. The van der Waals surface area contributed by atoms with E-state index in [0.717, 1.165) is 6.07 Å². The fourth-order valence-corrected chi connectivity index (χ4v) is 1.47. The number of sulfonamides is 1. The van der Waals surface area contributed by atoms with E-state index in [-0.39, 0.29) is 10.6 Å². The summed E-state index contributed by atoms with van der Waals surface area (Å²) in [5.41, 5.74) is 0.0701. The van der Waals surface area contributed by atoms with Gasteiger partial charge in [0.2, 0.25) is 0 Å². The first-order valence-corrected chi connectivity index (χ1v) is 5.05. The molecule has 0 saturated carbocycles. The molecule has 0 aliphatic heterocycles. The van der Waals surface area contributed by atoms with Crippen molar-refractivity contribution < 1.29 is 13.3 Å². The zero-order valence-electron chi connectivity index (χ0n) is 7.22. The first-order valence-electron chi connectivity index (χ1n) is 3.57. The maximum atomic E-state index is 10.8. The Kier molecular flexibility index (Phi) is 2.54. The molecule has 75 valence electrons. The molecule has 1 aromatic carbocycles. The van der Waals surface area contributed by atoms with Crippen LogP contribution in [-0.2, 0) is 10.0 Å². The summed E-state index contributed by atoms with van der Waals surface area (Å²) in [6.07, 6.45) is 0. The minimum Gasteiger partial charge on any atom is -0.258 e. The predicted molar refractivity (Wildman–Crippen MR) is 48.1 cm³/mol. The molecule has 0 aromatic heterocycles. The fourth-order valence-electron chi connectivity index (χ4n) is 0.953. The van der Waals surface area contributed by atoms with E-state index in [0.29, 0.717) is 5.56 Å². The minimum absolute atomic E-state index is 0.293. The lowest BCUT2D eigenvalue weighted by atomic mass is 10.2. The van der Waals surface area contributed by atoms with E-state index in [9.17, 15) is 18.5 Å². The Hall–Kier alpha value is -1.47. The highest BCUT2D eigenvalue weighted by Crippen LogP contribution is 2.21. The number of nitrogens with zero attached hydrogens (tertiary/aromatic N) is 1. The van der Waals surface area contributed by atoms with E-state index in [4.69, 9.17) is 5.14 Å². The number of aryl methyl sites for hydroxylation is 1. The van der Waals surface area contributed by atoms with Crippen molar-refractivity contribution in [3.63, 3.8) is 0 Å². The lowest BCUT2D eigenvalue weighted by molar-refractivity contribution is -0.385. The molecule has 0 saturated heterocycles. The Morgan fingerprint density at radius 1 is 1.43 bits per heavy atom. The smallest absolute Gasteiger partial charge is 0.258 e. The molecule has 7 heteroatoms. The highest BCUT2D eigenvalue weighted by molar-refractivity contribution is 7.88. The molecule has 14 heavy (non-hydrogen) atoms. The van der Waals surface area contributed by atoms with Crippen LogP contribution < -0.4 is 5.14 Å². The summed E-state index contributed by atoms with van der Waals surface area (Å²) < 4.78 is 21.5. The fraction of sp³-hybridized carbons (Fsp3) is 0.143. The van der Waals surface area contributed by atoms with Crippen LogP contribution in [0.2, 0.25) is 0 Å². The Morgan fingerprint density at radius 2 is 2.00 bits per heavy atom. The minimum atomic E-state index is -4.13. The summed E-state index contributed by atoms with van der Waals surface area (Å²) in [6, 6.07) is 3.36. The van der Waals surface area contributed by atoms with Crippen LogP contribution in [0.4, 0.5) is 5.69 Å². The molecule has 1 N–H and O–H groups in total. The molecule has 1 rings (SSSR count). The second kappa shape index (κ2) is 3.35. The Morgan fingerprint density at radius 3 is 2.43 bits per heavy atom. The molecule has 0 aliphatic carbocycles. The van der Waals surface area contributed by atoms with Gasteiger partial charge < -0.3 is 0 Å². The molecule has 0 spiro atoms. The van der Waals surface area contributed by atoms with Crippen molar-refractivity contribution in [1.82, 2.24) is 5.14 Å². The third-order valence-electron chi connectivity index (χ3n) is 1.69. The van der Waals surface area contributed by atoms with Crippen LogP contribution in [0.15, 0.2) is 23.1 Å². The summed E-state index contributed by atoms with van der Waals surface area (Å²) in [5.74, 6) is 0. The monoisotopic (exact) mass is 215 g/mol. The van der Waals surface area contributed by atoms with Crippen molar-refractivity contribution in [3.05, 3.63) is 33.9 Å². The van der Waals surface area contributed by atoms with Crippen molar-refractivity contribution in [2.75, 3.05) is 0 Å². The van der Waals surface area contributed by atoms with Crippen LogP contribution in [0.5, 0.6) is 0 Å². The first-order chi connectivity index (χ1) is 6.32. The molecule has 0 heterocycles. The third-order valence-corrected chi connectivity index (χ3v) is 2.56. The predicted octanol–water partition coefficient (Wildman–Crippen LogP) is 0.875. The van der Waals surface area contributed by atoms with E-state index >= 15 is 0 Å². The van der Waals surface area contributed by atoms with Gasteiger partial charge in [-0.2, -0.15) is 0 Å². The quantitative estimate of drug-likeness (QED) is 0.539. The second-order valence-corrected chi connectivity index (χ2v) is 4.19. The van der Waals surface area contributed by atoms with Crippen LogP contribution in [0.25, 0.3) is 0 Å². The zero-order chi connectivity index (χ0) is 10.9. The third kappa shape index (κ3) is 2.06. The molecule has 0 amide bonds. The van der Waals surface area contributed by atoms with Gasteiger partial charge in [-0.05, 0) is 13.0 Å². The number of nitro benzene ring substituents is 1. The standard InChI is InChI=1S/C7H7N2O4S/c1-5-2-3-6(14(8,12)13)4-7(5)9(10)11/h2-4,8H,1H3. The lowest BCUT2D eigenvalue weighted by Gasteiger charge is -1.99. The van der Waals surface area contributed by atoms with Gasteiger partial charge in [0.25, 0.3) is 15.7 Å². The highest BCUT2D eigenvalue weighted by Gasteiger charge is 2.16. The number of hydrogen-bond acceptors (Lipinski definition) is 4. The number of rotatable bonds is 2. The van der Waals surface area contributed by atoms with E-state index in [1.54, 1.807) is 0 Å². The van der Waals surface area contributed by atoms with Gasteiger partial charge in [0.05, 0.1) is 9.82 Å². The average Bonchev–Trinajstić information content (AvgIpc) is 2.02. The normalized spacial score (nSPS) is 11.3. The zero-order valence-corrected chi connectivity index (χ0v) is 8.04. The Labute approximate surface area is 80.5 Å². The van der Waals surface area contributed by atoms with Gasteiger partial charge in [-0.15, -0.1) is 5.14 Å². The molecular formula is C7H7N2O4S. The lowest BCUT2D eigenvalue weighted by Crippen LogP contribution is -2.02. The molecule has 0 fully saturated rings. The van der Waals surface area contributed by atoms with Gasteiger partial charge in [0.15, 0.2) is 0 Å². The average molecular weight is 215 g/mol. The SMILES string of the molecule is Cc1ccc(S([NH])(=O)=O)cc1[N+](=O)[O-]. The molecule has 6 nitrogen and oxygen atoms in total. The number of nitrogens with one attached hydrogen (secondary N) is 1. The van der Waals surface area contributed by atoms with Crippen molar-refractivity contribution in [2.24, 2.45) is 0 Å². The van der Waals surface area contributed by atoms with Gasteiger partial charge in [0.1, 0.15) is 0 Å². The number of hydrogen-bond donors (Lipinski definition) is 0. The van der Waals surface area contributed by atoms with Gasteiger partial charge >= 0.3 is 0 Å². The number of nitro groups is 1. The highest BCUT2D eigenvalue weighted by atomic mass is 32.2. The van der Waals surface area contributed by atoms with Crippen molar-refractivity contribution >= 4 is 15.7 Å². The van der Waals surface area contributed by atoms with E-state index in [1.807, 2.05) is 0 Å². The summed E-state index contributed by atoms with van der Waals surface area (Å²) in [5, 5.41) is 17.2. The Balaban J connectivity index is 3.42. The van der Waals surface area contributed by atoms with Crippen LogP contribution in [-0.4, -0.2) is 13.3 Å². The molecule has 0 bridgehead atoms. The van der Waals surface area contributed by atoms with Crippen molar-refractivity contribution in [1.29, 1.82) is 0 Å². The van der Waals surface area contributed by atoms with Crippen LogP contribution in [0.3, 0.4) is 0 Å². The molecule has 0 aliphatic rings. The molecule has 1 aromatic rings. The topological polar surface area (TPSA) is 101 Å². The molecule has 0 unspecified atom stereocenters. The van der Waals surface area contributed by atoms with E-state index in [2.05, 4.69) is 0 Å². The maximum Gasteiger partial charge on any atom is 0.273 e. The van der Waals surface area contributed by atoms with Crippen molar-refractivity contribution in [3.8, 4) is 0 Å². The number of benzene rings is 1. The van der Waals surface area contributed by atoms with E-state index < -0.39 is 14.9 Å². The summed E-state index contributed by atoms with van der Waals surface area (Å²) in [7, 11) is -4.13. The molecule has 0 atom stereocenters. The van der Waals surface area contributed by atoms with Crippen LogP contribution >= 0.6 is 0 Å². The summed E-state index contributed by atoms with van der Waals surface area (Å²) in [4.78, 5) is 9.41. The van der Waals surface area contributed by atoms with Crippen LogP contribution in [0, 0.1) is 17.0 Å². The maximum absolute atomic E-state index is 10.8. The molecule has 1 radical (unpaired) electrons. The Bertz CT molecular complexity index is 480. The second-order valence-electron chi connectivity index (χ2n) is 2.71. The summed E-state index contributed by atoms with van der Waals surface area (Å²) >= 11 is 0. The van der Waals surface area contributed by atoms with Gasteiger partial charge in [-0.3, -0.25) is 10.1 Å². The van der Waals surface area contributed by atoms with Gasteiger partial charge in [-0.1, -0.05) is 6.07 Å². The van der Waals surface area contributed by atoms with Crippen molar-refractivity contribution in [2.45, 2.75) is 11.8 Å². The van der Waals surface area contributed by atoms with E-state index in [1.165, 1.54) is 19.1 Å². The largest absolute Gasteiger partial charge is 0.273 e. The van der Waals surface area contributed by atoms with Crippen LogP contribution in [0.1, 0.15) is 5.56 Å². The summed E-state index contributed by atoms with van der Waals surface area (Å²) in [6.45, 7) is 1.50. The van der Waals surface area contributed by atoms with Gasteiger partial charge in [-0.25, -0.2) is 8.42 Å². The first kappa shape index (κ1) is 10.6. The van der Waals surface area contributed by atoms with Gasteiger partial charge in [0, 0.05) is 11.6 Å².